The van der Waals surface area contributed by atoms with Crippen LogP contribution in [0.15, 0.2) is 4.90 Å². The molecule has 0 radical (unpaired) electrons. The third kappa shape index (κ3) is 2.36. The average molecular weight is 288 g/mol. The van der Waals surface area contributed by atoms with Gasteiger partial charge >= 0.3 is 5.97 Å². The number of nitrogens with zero attached hydrogens (tertiary/aromatic N) is 2. The van der Waals surface area contributed by atoms with Crippen LogP contribution in [-0.2, 0) is 10.0 Å². The largest absolute Gasteiger partial charge is 0.476 e. The molecule has 8 nitrogen and oxygen atoms in total. The Morgan fingerprint density at radius 1 is 1.63 bits per heavy atom. The fraction of sp³-hybridized carbons (Fsp3) is 0.600. The molecule has 1 aliphatic heterocycles. The molecule has 9 heteroatoms. The minimum absolute atomic E-state index is 0.121. The molecule has 0 aliphatic carbocycles. The van der Waals surface area contributed by atoms with Crippen molar-refractivity contribution in [3.63, 3.8) is 0 Å². The molecule has 0 bridgehead atoms. The summed E-state index contributed by atoms with van der Waals surface area (Å²) in [7, 11) is -3.84. The second kappa shape index (κ2) is 4.91. The average Bonchev–Trinajstić information content (AvgIpc) is 2.94. The minimum Gasteiger partial charge on any atom is -0.476 e. The predicted molar refractivity (Wildman–Crippen MR) is 66.2 cm³/mol. The Labute approximate surface area is 110 Å². The Kier molecular flexibility index (Phi) is 3.61. The highest BCUT2D eigenvalue weighted by atomic mass is 32.2. The summed E-state index contributed by atoms with van der Waals surface area (Å²) in [6.45, 7) is 2.58. The highest BCUT2D eigenvalue weighted by Crippen LogP contribution is 2.27. The van der Waals surface area contributed by atoms with Gasteiger partial charge in [-0.2, -0.15) is 9.40 Å². The van der Waals surface area contributed by atoms with Gasteiger partial charge in [0, 0.05) is 13.1 Å². The fourth-order valence-corrected chi connectivity index (χ4v) is 4.04. The van der Waals surface area contributed by atoms with Gasteiger partial charge in [0.15, 0.2) is 5.69 Å². The number of aryl methyl sites for hydroxylation is 1. The summed E-state index contributed by atoms with van der Waals surface area (Å²) in [4.78, 5) is 10.8. The number of aromatic nitrogens is 2. The SMILES string of the molecule is Cc1[nH]nc(C(=O)O)c1S(=O)(=O)N1CCC(CN)C1. The maximum absolute atomic E-state index is 12.5. The van der Waals surface area contributed by atoms with Crippen LogP contribution in [0.2, 0.25) is 0 Å². The summed E-state index contributed by atoms with van der Waals surface area (Å²) in [6.07, 6.45) is 0.690. The smallest absolute Gasteiger partial charge is 0.357 e. The molecule has 2 heterocycles. The Morgan fingerprint density at radius 3 is 2.84 bits per heavy atom. The Hall–Kier alpha value is -1.45. The Morgan fingerprint density at radius 2 is 2.32 bits per heavy atom. The van der Waals surface area contributed by atoms with E-state index in [-0.39, 0.29) is 16.5 Å². The molecule has 0 spiro atoms. The monoisotopic (exact) mass is 288 g/mol. The van der Waals surface area contributed by atoms with Gasteiger partial charge in [0.2, 0.25) is 10.0 Å². The van der Waals surface area contributed by atoms with Crippen molar-refractivity contribution in [2.75, 3.05) is 19.6 Å². The highest BCUT2D eigenvalue weighted by molar-refractivity contribution is 7.89. The molecule has 1 atom stereocenters. The van der Waals surface area contributed by atoms with Crippen LogP contribution in [0.4, 0.5) is 0 Å². The lowest BCUT2D eigenvalue weighted by Crippen LogP contribution is -2.31. The lowest BCUT2D eigenvalue weighted by Gasteiger charge is -2.16. The number of aromatic amines is 1. The summed E-state index contributed by atoms with van der Waals surface area (Å²) in [5.74, 6) is -1.24. The number of sulfonamides is 1. The number of hydrogen-bond acceptors (Lipinski definition) is 5. The van der Waals surface area contributed by atoms with Gasteiger partial charge in [-0.25, -0.2) is 13.2 Å². The minimum atomic E-state index is -3.84. The van der Waals surface area contributed by atoms with Crippen LogP contribution in [0.25, 0.3) is 0 Å². The normalized spacial score (nSPS) is 20.8. The highest BCUT2D eigenvalue weighted by Gasteiger charge is 2.37. The van der Waals surface area contributed by atoms with Crippen LogP contribution in [0.3, 0.4) is 0 Å². The second-order valence-electron chi connectivity index (χ2n) is 4.58. The maximum Gasteiger partial charge on any atom is 0.357 e. The number of nitrogens with one attached hydrogen (secondary N) is 1. The summed E-state index contributed by atoms with van der Waals surface area (Å²) < 4.78 is 26.2. The third-order valence-electron chi connectivity index (χ3n) is 3.27. The van der Waals surface area contributed by atoms with Crippen LogP contribution >= 0.6 is 0 Å². The van der Waals surface area contributed by atoms with Crippen LogP contribution in [0, 0.1) is 12.8 Å². The van der Waals surface area contributed by atoms with Gasteiger partial charge in [-0.1, -0.05) is 0 Å². The first-order chi connectivity index (χ1) is 8.87. The summed E-state index contributed by atoms with van der Waals surface area (Å²) >= 11 is 0. The van der Waals surface area contributed by atoms with Crippen molar-refractivity contribution in [3.05, 3.63) is 11.4 Å². The van der Waals surface area contributed by atoms with Gasteiger partial charge in [0.25, 0.3) is 0 Å². The molecular weight excluding hydrogens is 272 g/mol. The lowest BCUT2D eigenvalue weighted by atomic mass is 10.1. The quantitative estimate of drug-likeness (QED) is 0.677. The molecule has 4 N–H and O–H groups in total. The third-order valence-corrected chi connectivity index (χ3v) is 5.30. The summed E-state index contributed by atoms with van der Waals surface area (Å²) in [5, 5.41) is 14.9. The maximum atomic E-state index is 12.5. The molecule has 19 heavy (non-hydrogen) atoms. The van der Waals surface area contributed by atoms with Crippen LogP contribution < -0.4 is 5.73 Å². The molecule has 1 aromatic heterocycles. The van der Waals surface area contributed by atoms with Crippen molar-refractivity contribution in [1.82, 2.24) is 14.5 Å². The summed E-state index contributed by atoms with van der Waals surface area (Å²) in [6, 6.07) is 0. The van der Waals surface area contributed by atoms with Crippen molar-refractivity contribution in [3.8, 4) is 0 Å². The van der Waals surface area contributed by atoms with E-state index in [9.17, 15) is 13.2 Å². The number of carbonyl (C=O) groups is 1. The number of hydrogen-bond donors (Lipinski definition) is 3. The first-order valence-electron chi connectivity index (χ1n) is 5.86. The van der Waals surface area contributed by atoms with Crippen molar-refractivity contribution >= 4 is 16.0 Å². The Balaban J connectivity index is 2.41. The number of carboxylic acid groups (broad SMARTS) is 1. The lowest BCUT2D eigenvalue weighted by molar-refractivity contribution is 0.0686. The van der Waals surface area contributed by atoms with Gasteiger partial charge in [0.05, 0.1) is 5.69 Å². The molecule has 1 aliphatic rings. The molecule has 106 valence electrons. The molecular formula is C10H16N4O4S. The van der Waals surface area contributed by atoms with Crippen molar-refractivity contribution < 1.29 is 18.3 Å². The van der Waals surface area contributed by atoms with E-state index in [1.54, 1.807) is 0 Å². The van der Waals surface area contributed by atoms with Crippen molar-refractivity contribution in [2.24, 2.45) is 11.7 Å². The van der Waals surface area contributed by atoms with E-state index in [0.29, 0.717) is 26.1 Å². The zero-order chi connectivity index (χ0) is 14.2. The molecule has 0 saturated carbocycles. The van der Waals surface area contributed by atoms with E-state index >= 15 is 0 Å². The summed E-state index contributed by atoms with van der Waals surface area (Å²) in [5.41, 5.74) is 5.30. The van der Waals surface area contributed by atoms with Crippen LogP contribution in [-0.4, -0.2) is 53.6 Å². The number of H-pyrrole nitrogens is 1. The van der Waals surface area contributed by atoms with E-state index in [1.807, 2.05) is 0 Å². The molecule has 1 fully saturated rings. The molecule has 0 amide bonds. The van der Waals surface area contributed by atoms with E-state index in [4.69, 9.17) is 10.8 Å². The molecule has 1 unspecified atom stereocenters. The molecule has 1 saturated heterocycles. The molecule has 2 rings (SSSR count). The van der Waals surface area contributed by atoms with Gasteiger partial charge in [-0.05, 0) is 25.8 Å². The zero-order valence-electron chi connectivity index (χ0n) is 10.5. The topological polar surface area (TPSA) is 129 Å². The van der Waals surface area contributed by atoms with Crippen LogP contribution in [0.5, 0.6) is 0 Å². The van der Waals surface area contributed by atoms with E-state index in [1.165, 1.54) is 11.2 Å². The van der Waals surface area contributed by atoms with Crippen molar-refractivity contribution in [1.29, 1.82) is 0 Å². The Bertz CT molecular complexity index is 595. The first kappa shape index (κ1) is 14.0. The van der Waals surface area contributed by atoms with E-state index in [2.05, 4.69) is 10.2 Å². The van der Waals surface area contributed by atoms with Gasteiger partial charge < -0.3 is 10.8 Å². The van der Waals surface area contributed by atoms with Crippen molar-refractivity contribution in [2.45, 2.75) is 18.2 Å². The zero-order valence-corrected chi connectivity index (χ0v) is 11.3. The van der Waals surface area contributed by atoms with E-state index < -0.39 is 21.7 Å². The predicted octanol–water partition coefficient (Wildman–Crippen LogP) is -0.614. The fourth-order valence-electron chi connectivity index (χ4n) is 2.22. The number of rotatable bonds is 4. The van der Waals surface area contributed by atoms with Gasteiger partial charge in [-0.15, -0.1) is 0 Å². The standard InChI is InChI=1S/C10H16N4O4S/c1-6-9(8(10(15)16)13-12-6)19(17,18)14-3-2-7(4-11)5-14/h7H,2-5,11H2,1H3,(H,12,13)(H,15,16). The van der Waals surface area contributed by atoms with Gasteiger partial charge in [-0.3, -0.25) is 5.10 Å². The van der Waals surface area contributed by atoms with E-state index in [0.717, 1.165) is 0 Å². The number of carboxylic acids is 1. The second-order valence-corrected chi connectivity index (χ2v) is 6.46. The first-order valence-corrected chi connectivity index (χ1v) is 7.30. The van der Waals surface area contributed by atoms with Gasteiger partial charge in [0.1, 0.15) is 4.90 Å². The van der Waals surface area contributed by atoms with Crippen LogP contribution in [0.1, 0.15) is 22.6 Å². The molecule has 1 aromatic rings. The number of nitrogens with two attached hydrogens (primary N) is 1. The molecule has 0 aromatic carbocycles. The number of aromatic carboxylic acids is 1.